The zero-order valence-corrected chi connectivity index (χ0v) is 50.4. The molecule has 0 unspecified atom stereocenters. The number of terminal acetylenes is 2. The van der Waals surface area contributed by atoms with Crippen LogP contribution in [-0.4, -0.2) is 75.5 Å². The number of amidine groups is 2. The van der Waals surface area contributed by atoms with Crippen molar-refractivity contribution in [2.45, 2.75) is 105 Å². The van der Waals surface area contributed by atoms with Gasteiger partial charge in [0.2, 0.25) is 5.82 Å². The van der Waals surface area contributed by atoms with Crippen LogP contribution in [0.4, 0.5) is 13.2 Å². The summed E-state index contributed by atoms with van der Waals surface area (Å²) in [5.41, 5.74) is 21.9. The van der Waals surface area contributed by atoms with Crippen molar-refractivity contribution in [3.8, 4) is 48.0 Å². The molecule has 0 aliphatic heterocycles. The number of hydrogen-bond acceptors (Lipinski definition) is 14. The number of aromatic nitrogens is 2. The maximum absolute atomic E-state index is 14.8. The lowest BCUT2D eigenvalue weighted by Gasteiger charge is -2.14. The fraction of sp³-hybridized carbons (Fsp3) is 0.258. The van der Waals surface area contributed by atoms with Crippen LogP contribution in [0.1, 0.15) is 151 Å². The molecule has 0 saturated heterocycles. The molecule has 6 N–H and O–H groups in total. The van der Waals surface area contributed by atoms with Crippen molar-refractivity contribution >= 4 is 52.4 Å². The maximum Gasteiger partial charge on any atom is 0.369 e. The Bertz CT molecular complexity index is 3700. The quantitative estimate of drug-likeness (QED) is 0.0145. The number of ether oxygens (including phenoxy) is 2. The molecule has 0 saturated carbocycles. The third kappa shape index (κ3) is 19.0. The van der Waals surface area contributed by atoms with Crippen molar-refractivity contribution < 1.29 is 66.3 Å². The molecule has 0 fully saturated rings. The number of carboxylic acids is 1. The summed E-state index contributed by atoms with van der Waals surface area (Å²) < 4.78 is 57.4. The summed E-state index contributed by atoms with van der Waals surface area (Å²) in [7, 11) is 2.55. The minimum atomic E-state index is -1.04. The van der Waals surface area contributed by atoms with Gasteiger partial charge >= 0.3 is 23.9 Å². The fourth-order valence-corrected chi connectivity index (χ4v) is 8.08. The molecule has 1 aromatic heterocycles. The number of nitrogens with two attached hydrogens (primary N) is 2. The largest absolute Gasteiger partial charge is 0.478 e. The molecule has 7 rings (SSSR count). The Morgan fingerprint density at radius 2 is 0.954 bits per heavy atom. The van der Waals surface area contributed by atoms with E-state index in [0.29, 0.717) is 50.1 Å². The van der Waals surface area contributed by atoms with Crippen LogP contribution in [-0.2, 0) is 14.3 Å². The smallest absolute Gasteiger partial charge is 0.369 e. The van der Waals surface area contributed by atoms with Crippen LogP contribution in [0.5, 0.6) is 0 Å². The fourth-order valence-electron chi connectivity index (χ4n) is 7.86. The minimum absolute atomic E-state index is 0. The summed E-state index contributed by atoms with van der Waals surface area (Å²) >= 11 is 5.33. The number of halogens is 4. The lowest BCUT2D eigenvalue weighted by molar-refractivity contribution is 0.0507. The van der Waals surface area contributed by atoms with Gasteiger partial charge in [-0.2, -0.15) is 4.98 Å². The van der Waals surface area contributed by atoms with E-state index in [1.807, 2.05) is 41.5 Å². The highest BCUT2D eigenvalue weighted by atomic mass is 35.5. The number of aromatic carboxylic acids is 1. The van der Waals surface area contributed by atoms with Crippen molar-refractivity contribution in [2.75, 3.05) is 14.2 Å². The van der Waals surface area contributed by atoms with E-state index in [9.17, 15) is 37.1 Å². The van der Waals surface area contributed by atoms with Crippen molar-refractivity contribution in [3.63, 3.8) is 0 Å². The highest BCUT2D eigenvalue weighted by Gasteiger charge is 2.25. The van der Waals surface area contributed by atoms with E-state index < -0.39 is 40.8 Å². The number of hydrogen-bond donors (Lipinski definition) is 4. The van der Waals surface area contributed by atoms with E-state index in [4.69, 9.17) is 42.7 Å². The number of esters is 2. The lowest BCUT2D eigenvalue weighted by atomic mass is 9.93. The van der Waals surface area contributed by atoms with Gasteiger partial charge in [0.05, 0.1) is 42.0 Å². The second-order valence-corrected chi connectivity index (χ2v) is 18.8. The van der Waals surface area contributed by atoms with Crippen molar-refractivity contribution in [3.05, 3.63) is 196 Å². The molecule has 0 aliphatic rings. The first-order valence-corrected chi connectivity index (χ1v) is 25.6. The predicted octanol–water partition coefficient (Wildman–Crippen LogP) is 14.0. The molecule has 87 heavy (non-hydrogen) atoms. The van der Waals surface area contributed by atoms with Crippen molar-refractivity contribution in [1.29, 1.82) is 0 Å². The summed E-state index contributed by atoms with van der Waals surface area (Å²) in [6.07, 6.45) is 12.6. The van der Waals surface area contributed by atoms with Crippen LogP contribution in [0.2, 0.25) is 0 Å². The minimum Gasteiger partial charge on any atom is -0.478 e. The molecule has 1 heterocycles. The second-order valence-electron chi connectivity index (χ2n) is 18.4. The van der Waals surface area contributed by atoms with E-state index in [1.54, 1.807) is 97.0 Å². The Labute approximate surface area is 511 Å². The molecular weight excluding hydrogens is 1150 g/mol. The van der Waals surface area contributed by atoms with Crippen LogP contribution >= 0.6 is 11.6 Å². The maximum atomic E-state index is 14.8. The number of benzene rings is 6. The van der Waals surface area contributed by atoms with Gasteiger partial charge < -0.3 is 40.6 Å². The first kappa shape index (κ1) is 76.9. The molecule has 6 aromatic carbocycles. The zero-order valence-electron chi connectivity index (χ0n) is 49.7. The van der Waals surface area contributed by atoms with Crippen molar-refractivity contribution in [2.24, 2.45) is 21.8 Å². The lowest BCUT2D eigenvalue weighted by Crippen LogP contribution is -2.17. The van der Waals surface area contributed by atoms with Crippen LogP contribution in [0, 0.1) is 126 Å². The molecule has 0 aliphatic carbocycles. The number of carbonyl (C=O) groups excluding carboxylic acids is 4. The SMILES string of the molecule is C.C.C#C.C#CC.COC(=O)c1cccc(/C(N)=N/O)c1.COC(=O)c1cccc(/C(N)=N/OC(=O)c2c(C)c(C)c(C)c(C)c2F)c1.Cc1c(C)c(C)c(-c2nc(-c3cccc(C(=O)O)c3)no2)c(F)c1C.Cc1c(C)c(C)c(C(=O)Cl)c(F)c1C. The molecule has 0 atom stereocenters. The number of nitrogens with zero attached hydrogens (tertiary/aromatic N) is 4. The molecule has 17 nitrogen and oxygen atoms in total. The summed E-state index contributed by atoms with van der Waals surface area (Å²) in [6.45, 7) is 22.9. The van der Waals surface area contributed by atoms with E-state index in [-0.39, 0.29) is 71.9 Å². The second kappa shape index (κ2) is 35.3. The molecule has 0 amide bonds. The van der Waals surface area contributed by atoms with Gasteiger partial charge in [-0.3, -0.25) is 4.79 Å². The highest BCUT2D eigenvalue weighted by molar-refractivity contribution is 6.68. The monoisotopic (exact) mass is 1220 g/mol. The summed E-state index contributed by atoms with van der Waals surface area (Å²) in [5, 5.41) is 27.1. The normalized spacial score (nSPS) is 10.2. The third-order valence-corrected chi connectivity index (χ3v) is 13.9. The van der Waals surface area contributed by atoms with Crippen LogP contribution in [0.25, 0.3) is 22.8 Å². The average molecular weight is 1220 g/mol. The van der Waals surface area contributed by atoms with Gasteiger partial charge in [-0.05, 0) is 205 Å². The Hall–Kier alpha value is -10.1. The molecule has 462 valence electrons. The zero-order chi connectivity index (χ0) is 64.9. The van der Waals surface area contributed by atoms with Crippen LogP contribution < -0.4 is 11.5 Å². The molecule has 7 aromatic rings. The van der Waals surface area contributed by atoms with E-state index >= 15 is 0 Å². The Balaban J connectivity index is 0.00000114. The first-order chi connectivity index (χ1) is 40.0. The van der Waals surface area contributed by atoms with Gasteiger partial charge in [0.1, 0.15) is 23.0 Å². The summed E-state index contributed by atoms with van der Waals surface area (Å²) in [4.78, 5) is 66.3. The molecular formula is C66H74ClF3N6O11. The number of rotatable bonds is 10. The third-order valence-electron chi connectivity index (χ3n) is 13.7. The van der Waals surface area contributed by atoms with Gasteiger partial charge in [0.25, 0.3) is 11.1 Å². The average Bonchev–Trinajstić information content (AvgIpc) is 2.86. The van der Waals surface area contributed by atoms with Crippen molar-refractivity contribution in [1.82, 2.24) is 10.1 Å². The predicted molar refractivity (Wildman–Crippen MR) is 334 cm³/mol. The van der Waals surface area contributed by atoms with E-state index in [1.165, 1.54) is 38.5 Å². The van der Waals surface area contributed by atoms with Gasteiger partial charge in [-0.1, -0.05) is 66.7 Å². The topological polar surface area (TPSA) is 269 Å². The number of oxime groups is 2. The first-order valence-electron chi connectivity index (χ1n) is 25.2. The summed E-state index contributed by atoms with van der Waals surface area (Å²) in [6, 6.07) is 18.7. The van der Waals surface area contributed by atoms with Gasteiger partial charge in [-0.15, -0.1) is 25.2 Å². The number of methoxy groups -OCH3 is 2. The van der Waals surface area contributed by atoms with Gasteiger partial charge in [0, 0.05) is 16.7 Å². The molecule has 0 radical (unpaired) electrons. The summed E-state index contributed by atoms with van der Waals surface area (Å²) in [5.74, 6) is -2.13. The number of carbonyl (C=O) groups is 5. The molecule has 21 heteroatoms. The van der Waals surface area contributed by atoms with E-state index in [0.717, 1.165) is 38.9 Å². The molecule has 0 bridgehead atoms. The van der Waals surface area contributed by atoms with Crippen LogP contribution in [0.3, 0.4) is 0 Å². The molecule has 0 spiro atoms. The van der Waals surface area contributed by atoms with Crippen LogP contribution in [0.15, 0.2) is 87.6 Å². The Kier molecular flexibility index (Phi) is 31.2. The standard InChI is InChI=1S/C20H21FN2O4.C19H17FN2O3.C11H12ClFO.C9H10N2O3.C3H4.C2H2.2CH4/c1-10-11(2)13(4)17(21)16(12(10)3)20(25)27-23-18(22)14-7-6-8-15(9-14)19(24)26-5;1-9-10(2)12(4)16(20)15(11(9)3)18-21-17(22-25-18)13-6-5-7-14(8-13)19(23)24;1-5-6(2)8(4)10(13)9(7(5)3)11(12)14;1-14-9(12)7-4-2-3-6(5-7)8(10)11-13;1-3-2;1-2;;/h6-9H,1-5H3,(H2,22,23);5-8H,1-4H3,(H,23,24);1-4H3;2-5,13H,1H3,(H2,10,11);1H,2H3;1-2H;2*1H4. The highest BCUT2D eigenvalue weighted by Crippen LogP contribution is 2.34. The Morgan fingerprint density at radius 1 is 0.575 bits per heavy atom. The number of carboxylic acid groups (broad SMARTS) is 1. The van der Waals surface area contributed by atoms with Gasteiger partial charge in [-0.25, -0.2) is 32.3 Å². The van der Waals surface area contributed by atoms with E-state index in [2.05, 4.69) is 55.1 Å². The Morgan fingerprint density at radius 3 is 1.39 bits per heavy atom. The van der Waals surface area contributed by atoms with Gasteiger partial charge in [0.15, 0.2) is 11.7 Å².